The van der Waals surface area contributed by atoms with Crippen LogP contribution in [0.5, 0.6) is 5.75 Å². The fraction of sp³-hybridized carbons (Fsp3) is 0.333. The van der Waals surface area contributed by atoms with Crippen molar-refractivity contribution in [1.82, 2.24) is 0 Å². The number of ether oxygens (including phenoxy) is 1. The summed E-state index contributed by atoms with van der Waals surface area (Å²) in [6, 6.07) is 14.7. The normalized spacial score (nSPS) is 13.7. The first kappa shape index (κ1) is 15.5. The standard InChI is InChI=1S/C18H22FNO/c1-3-21-17-10-4-14(5-11-17)12-18(2,13-20)15-6-8-16(19)9-7-15/h4-11H,3,12-13,20H2,1-2H3. The molecule has 0 aliphatic rings. The molecule has 0 amide bonds. The summed E-state index contributed by atoms with van der Waals surface area (Å²) >= 11 is 0. The number of halogens is 1. The molecule has 1 atom stereocenters. The molecule has 0 aliphatic heterocycles. The number of benzene rings is 2. The minimum Gasteiger partial charge on any atom is -0.494 e. The van der Waals surface area contributed by atoms with Crippen LogP contribution in [0.1, 0.15) is 25.0 Å². The van der Waals surface area contributed by atoms with Crippen molar-refractivity contribution in [3.63, 3.8) is 0 Å². The van der Waals surface area contributed by atoms with Gasteiger partial charge < -0.3 is 10.5 Å². The number of hydrogen-bond donors (Lipinski definition) is 1. The Morgan fingerprint density at radius 1 is 1.05 bits per heavy atom. The van der Waals surface area contributed by atoms with Crippen LogP contribution in [-0.4, -0.2) is 13.2 Å². The zero-order chi connectivity index (χ0) is 15.3. The van der Waals surface area contributed by atoms with Crippen molar-refractivity contribution >= 4 is 0 Å². The van der Waals surface area contributed by atoms with Crippen LogP contribution < -0.4 is 10.5 Å². The van der Waals surface area contributed by atoms with Gasteiger partial charge >= 0.3 is 0 Å². The molecule has 0 saturated heterocycles. The lowest BCUT2D eigenvalue weighted by molar-refractivity contribution is 0.340. The van der Waals surface area contributed by atoms with E-state index in [1.807, 2.05) is 31.2 Å². The summed E-state index contributed by atoms with van der Waals surface area (Å²) in [6.07, 6.45) is 0.807. The summed E-state index contributed by atoms with van der Waals surface area (Å²) in [5, 5.41) is 0. The van der Waals surface area contributed by atoms with E-state index in [4.69, 9.17) is 10.5 Å². The van der Waals surface area contributed by atoms with Crippen LogP contribution in [-0.2, 0) is 11.8 Å². The van der Waals surface area contributed by atoms with Crippen molar-refractivity contribution in [2.24, 2.45) is 5.73 Å². The van der Waals surface area contributed by atoms with Gasteiger partial charge in [0.1, 0.15) is 11.6 Å². The van der Waals surface area contributed by atoms with Crippen LogP contribution in [0.25, 0.3) is 0 Å². The molecule has 2 aromatic carbocycles. The Labute approximate surface area is 125 Å². The van der Waals surface area contributed by atoms with E-state index in [1.165, 1.54) is 17.7 Å². The maximum absolute atomic E-state index is 13.1. The first-order chi connectivity index (χ1) is 10.1. The Morgan fingerprint density at radius 3 is 2.19 bits per heavy atom. The molecule has 2 rings (SSSR count). The van der Waals surface area contributed by atoms with Gasteiger partial charge in [0.05, 0.1) is 6.61 Å². The smallest absolute Gasteiger partial charge is 0.123 e. The average molecular weight is 287 g/mol. The largest absolute Gasteiger partial charge is 0.494 e. The molecule has 112 valence electrons. The second kappa shape index (κ2) is 6.72. The van der Waals surface area contributed by atoms with Gasteiger partial charge in [-0.15, -0.1) is 0 Å². The van der Waals surface area contributed by atoms with E-state index in [1.54, 1.807) is 0 Å². The van der Waals surface area contributed by atoms with Crippen molar-refractivity contribution in [2.75, 3.05) is 13.2 Å². The van der Waals surface area contributed by atoms with Gasteiger partial charge in [-0.3, -0.25) is 0 Å². The fourth-order valence-corrected chi connectivity index (χ4v) is 2.47. The highest BCUT2D eigenvalue weighted by Gasteiger charge is 2.25. The summed E-state index contributed by atoms with van der Waals surface area (Å²) < 4.78 is 18.5. The Balaban J connectivity index is 2.19. The second-order valence-electron chi connectivity index (χ2n) is 5.53. The summed E-state index contributed by atoms with van der Waals surface area (Å²) in [5.74, 6) is 0.650. The van der Waals surface area contributed by atoms with Gasteiger partial charge in [0, 0.05) is 12.0 Å². The molecule has 1 unspecified atom stereocenters. The molecule has 0 aliphatic carbocycles. The van der Waals surface area contributed by atoms with Crippen molar-refractivity contribution in [3.05, 3.63) is 65.5 Å². The maximum atomic E-state index is 13.1. The summed E-state index contributed by atoms with van der Waals surface area (Å²) in [6.45, 7) is 5.24. The lowest BCUT2D eigenvalue weighted by Gasteiger charge is -2.29. The molecule has 0 aromatic heterocycles. The Hall–Kier alpha value is -1.87. The topological polar surface area (TPSA) is 35.2 Å². The molecule has 0 spiro atoms. The molecular formula is C18H22FNO. The third kappa shape index (κ3) is 3.82. The molecule has 0 fully saturated rings. The Morgan fingerprint density at radius 2 is 1.67 bits per heavy atom. The van der Waals surface area contributed by atoms with Crippen molar-refractivity contribution < 1.29 is 9.13 Å². The van der Waals surface area contributed by atoms with E-state index >= 15 is 0 Å². The summed E-state index contributed by atoms with van der Waals surface area (Å²) in [4.78, 5) is 0. The van der Waals surface area contributed by atoms with E-state index in [2.05, 4.69) is 19.1 Å². The molecule has 2 nitrogen and oxygen atoms in total. The van der Waals surface area contributed by atoms with E-state index in [9.17, 15) is 4.39 Å². The van der Waals surface area contributed by atoms with Crippen LogP contribution in [0.3, 0.4) is 0 Å². The highest BCUT2D eigenvalue weighted by Crippen LogP contribution is 2.28. The number of hydrogen-bond acceptors (Lipinski definition) is 2. The maximum Gasteiger partial charge on any atom is 0.123 e. The third-order valence-electron chi connectivity index (χ3n) is 3.82. The van der Waals surface area contributed by atoms with Crippen molar-refractivity contribution in [2.45, 2.75) is 25.7 Å². The van der Waals surface area contributed by atoms with Crippen molar-refractivity contribution in [3.8, 4) is 5.75 Å². The van der Waals surface area contributed by atoms with Crippen LogP contribution in [0.15, 0.2) is 48.5 Å². The molecule has 2 aromatic rings. The van der Waals surface area contributed by atoms with Gasteiger partial charge in [-0.25, -0.2) is 4.39 Å². The van der Waals surface area contributed by atoms with E-state index in [0.717, 1.165) is 17.7 Å². The second-order valence-corrected chi connectivity index (χ2v) is 5.53. The van der Waals surface area contributed by atoms with Gasteiger partial charge in [0.25, 0.3) is 0 Å². The quantitative estimate of drug-likeness (QED) is 0.879. The summed E-state index contributed by atoms with van der Waals surface area (Å²) in [7, 11) is 0. The highest BCUT2D eigenvalue weighted by atomic mass is 19.1. The minimum atomic E-state index is -0.223. The number of nitrogens with two attached hydrogens (primary N) is 1. The predicted molar refractivity (Wildman–Crippen MR) is 84.1 cm³/mol. The van der Waals surface area contributed by atoms with Gasteiger partial charge in [-0.05, 0) is 48.7 Å². The molecular weight excluding hydrogens is 265 g/mol. The zero-order valence-corrected chi connectivity index (χ0v) is 12.6. The van der Waals surface area contributed by atoms with Gasteiger partial charge in [-0.1, -0.05) is 31.2 Å². The van der Waals surface area contributed by atoms with E-state index in [0.29, 0.717) is 13.2 Å². The Kier molecular flexibility index (Phi) is 4.97. The van der Waals surface area contributed by atoms with Crippen LogP contribution in [0.4, 0.5) is 4.39 Å². The minimum absolute atomic E-state index is 0.208. The van der Waals surface area contributed by atoms with Gasteiger partial charge in [0.15, 0.2) is 0 Å². The fourth-order valence-electron chi connectivity index (χ4n) is 2.47. The Bertz CT molecular complexity index is 565. The van der Waals surface area contributed by atoms with E-state index in [-0.39, 0.29) is 11.2 Å². The van der Waals surface area contributed by atoms with Crippen LogP contribution in [0, 0.1) is 5.82 Å². The van der Waals surface area contributed by atoms with Gasteiger partial charge in [0.2, 0.25) is 0 Å². The van der Waals surface area contributed by atoms with E-state index < -0.39 is 0 Å². The summed E-state index contributed by atoms with van der Waals surface area (Å²) in [5.41, 5.74) is 8.02. The first-order valence-corrected chi connectivity index (χ1v) is 7.25. The van der Waals surface area contributed by atoms with Gasteiger partial charge in [-0.2, -0.15) is 0 Å². The highest BCUT2D eigenvalue weighted by molar-refractivity contribution is 5.32. The number of rotatable bonds is 6. The molecule has 21 heavy (non-hydrogen) atoms. The lowest BCUT2D eigenvalue weighted by Crippen LogP contribution is -2.34. The molecule has 2 N–H and O–H groups in total. The lowest BCUT2D eigenvalue weighted by atomic mass is 9.77. The molecule has 3 heteroatoms. The third-order valence-corrected chi connectivity index (χ3v) is 3.82. The zero-order valence-electron chi connectivity index (χ0n) is 12.6. The van der Waals surface area contributed by atoms with Crippen LogP contribution in [0.2, 0.25) is 0 Å². The average Bonchev–Trinajstić information content (AvgIpc) is 2.50. The molecule has 0 radical (unpaired) electrons. The van der Waals surface area contributed by atoms with Crippen molar-refractivity contribution in [1.29, 1.82) is 0 Å². The SMILES string of the molecule is CCOc1ccc(CC(C)(CN)c2ccc(F)cc2)cc1. The molecule has 0 saturated carbocycles. The van der Waals surface area contributed by atoms with Crippen LogP contribution >= 0.6 is 0 Å². The first-order valence-electron chi connectivity index (χ1n) is 7.25. The predicted octanol–water partition coefficient (Wildman–Crippen LogP) is 3.68. The monoisotopic (exact) mass is 287 g/mol. The molecule has 0 bridgehead atoms. The molecule has 0 heterocycles.